The highest BCUT2D eigenvalue weighted by molar-refractivity contribution is 5.96. The van der Waals surface area contributed by atoms with Gasteiger partial charge in [0, 0.05) is 19.2 Å². The molecule has 2 N–H and O–H groups in total. The summed E-state index contributed by atoms with van der Waals surface area (Å²) in [6.45, 7) is 2.11. The van der Waals surface area contributed by atoms with Crippen LogP contribution in [0.4, 0.5) is 0 Å². The number of hydrogen-bond acceptors (Lipinski definition) is 8. The van der Waals surface area contributed by atoms with Crippen LogP contribution in [0.1, 0.15) is 54.2 Å². The molecule has 3 fully saturated rings. The number of carboxylic acids is 1. The molecule has 37 heavy (non-hydrogen) atoms. The molecule has 0 aliphatic heterocycles. The summed E-state index contributed by atoms with van der Waals surface area (Å²) < 4.78 is 16.6. The van der Waals surface area contributed by atoms with E-state index in [1.54, 1.807) is 25.3 Å². The van der Waals surface area contributed by atoms with Gasteiger partial charge >= 0.3 is 5.97 Å². The largest absolute Gasteiger partial charge is 0.479 e. The second-order valence-corrected chi connectivity index (χ2v) is 9.83. The number of nitrogens with one attached hydrogen (secondary N) is 1. The topological polar surface area (TPSA) is 137 Å². The number of hydrogen-bond donors (Lipinski definition) is 2. The number of carboxylic acid groups (broad SMARTS) is 1. The third-order valence-electron chi connectivity index (χ3n) is 7.44. The zero-order valence-electron chi connectivity index (χ0n) is 20.6. The maximum Gasteiger partial charge on any atom is 0.332 e. The Morgan fingerprint density at radius 3 is 2.65 bits per heavy atom. The lowest BCUT2D eigenvalue weighted by Crippen LogP contribution is -2.47. The number of ether oxygens (including phenoxy) is 2. The molecule has 1 aromatic carbocycles. The Bertz CT molecular complexity index is 1230. The van der Waals surface area contributed by atoms with E-state index in [0.29, 0.717) is 42.0 Å². The molecule has 0 radical (unpaired) electrons. The maximum atomic E-state index is 13.1. The van der Waals surface area contributed by atoms with Crippen molar-refractivity contribution in [3.05, 3.63) is 65.5 Å². The highest BCUT2D eigenvalue weighted by Gasteiger charge is 2.43. The predicted molar refractivity (Wildman–Crippen MR) is 131 cm³/mol. The van der Waals surface area contributed by atoms with Crippen molar-refractivity contribution in [1.82, 2.24) is 20.6 Å². The molecule has 5 unspecified atom stereocenters. The first kappa shape index (κ1) is 24.9. The first-order valence-electron chi connectivity index (χ1n) is 12.6. The molecule has 3 saturated carbocycles. The normalized spacial score (nSPS) is 23.4. The van der Waals surface area contributed by atoms with Gasteiger partial charge in [-0.1, -0.05) is 35.5 Å². The van der Waals surface area contributed by atoms with Gasteiger partial charge in [-0.2, -0.15) is 0 Å². The molecule has 3 aliphatic rings. The lowest BCUT2D eigenvalue weighted by molar-refractivity contribution is -0.162. The number of aromatic nitrogens is 3. The van der Waals surface area contributed by atoms with Crippen molar-refractivity contribution in [3.63, 3.8) is 0 Å². The van der Waals surface area contributed by atoms with Crippen LogP contribution in [0.2, 0.25) is 0 Å². The molecule has 10 nitrogen and oxygen atoms in total. The molecular weight excluding hydrogens is 476 g/mol. The monoisotopic (exact) mass is 506 g/mol. The number of amides is 1. The average Bonchev–Trinajstić information content (AvgIpc) is 3.35. The molecule has 10 heteroatoms. The lowest BCUT2D eigenvalue weighted by Gasteiger charge is -2.47. The number of aliphatic carboxylic acids is 1. The van der Waals surface area contributed by atoms with Gasteiger partial charge in [-0.3, -0.25) is 4.79 Å². The van der Waals surface area contributed by atoms with Gasteiger partial charge in [0.05, 0.1) is 6.10 Å². The Morgan fingerprint density at radius 1 is 1.08 bits per heavy atom. The third-order valence-corrected chi connectivity index (χ3v) is 7.44. The summed E-state index contributed by atoms with van der Waals surface area (Å²) in [5, 5.41) is 20.0. The molecule has 2 heterocycles. The molecule has 2 aromatic heterocycles. The average molecular weight is 507 g/mol. The number of nitrogens with zero attached hydrogens (tertiary/aromatic N) is 3. The van der Waals surface area contributed by atoms with Crippen LogP contribution in [0.25, 0.3) is 0 Å². The Hall–Kier alpha value is -3.79. The van der Waals surface area contributed by atoms with Gasteiger partial charge in [-0.15, -0.1) is 0 Å². The Morgan fingerprint density at radius 2 is 1.89 bits per heavy atom. The van der Waals surface area contributed by atoms with E-state index in [4.69, 9.17) is 14.1 Å². The lowest BCUT2D eigenvalue weighted by atomic mass is 9.63. The minimum Gasteiger partial charge on any atom is -0.479 e. The van der Waals surface area contributed by atoms with Crippen molar-refractivity contribution < 1.29 is 28.8 Å². The molecule has 5 atom stereocenters. The Balaban J connectivity index is 1.20. The Labute approximate surface area is 214 Å². The minimum absolute atomic E-state index is 0.0312. The second kappa shape index (κ2) is 11.1. The molecule has 0 spiro atoms. The molecule has 3 aliphatic carbocycles. The summed E-state index contributed by atoms with van der Waals surface area (Å²) in [7, 11) is 0. The van der Waals surface area contributed by atoms with Crippen molar-refractivity contribution in [3.8, 4) is 11.8 Å². The molecule has 0 saturated heterocycles. The molecule has 6 rings (SSSR count). The van der Waals surface area contributed by atoms with Gasteiger partial charge in [0.2, 0.25) is 5.88 Å². The van der Waals surface area contributed by atoms with E-state index in [9.17, 15) is 14.7 Å². The highest BCUT2D eigenvalue weighted by Crippen LogP contribution is 2.46. The van der Waals surface area contributed by atoms with Crippen LogP contribution in [0.3, 0.4) is 0 Å². The van der Waals surface area contributed by atoms with Crippen LogP contribution < -0.4 is 10.1 Å². The zero-order chi connectivity index (χ0) is 25.8. The van der Waals surface area contributed by atoms with Crippen LogP contribution >= 0.6 is 0 Å². The molecule has 3 aromatic rings. The highest BCUT2D eigenvalue weighted by atomic mass is 16.6. The van der Waals surface area contributed by atoms with E-state index in [1.165, 1.54) is 0 Å². The SMILES string of the molecule is CC(OC1CC2CCC1CC2CNC(=O)c1cccnc1Oc1nonc1Cc1ccccc1)C(=O)O. The molecule has 1 amide bonds. The predicted octanol–water partition coefficient (Wildman–Crippen LogP) is 3.87. The van der Waals surface area contributed by atoms with Gasteiger partial charge in [0.1, 0.15) is 5.56 Å². The minimum atomic E-state index is -0.937. The maximum absolute atomic E-state index is 13.1. The van der Waals surface area contributed by atoms with Crippen LogP contribution in [-0.4, -0.2) is 51.0 Å². The summed E-state index contributed by atoms with van der Waals surface area (Å²) in [5.41, 5.74) is 1.83. The Kier molecular flexibility index (Phi) is 7.45. The van der Waals surface area contributed by atoms with E-state index in [-0.39, 0.29) is 23.8 Å². The number of carbonyl (C=O) groups excluding carboxylic acids is 1. The van der Waals surface area contributed by atoms with Crippen LogP contribution in [0.5, 0.6) is 11.8 Å². The van der Waals surface area contributed by atoms with E-state index in [2.05, 4.69) is 20.6 Å². The second-order valence-electron chi connectivity index (χ2n) is 9.83. The van der Waals surface area contributed by atoms with Gasteiger partial charge in [0.15, 0.2) is 11.8 Å². The molecular formula is C27H30N4O6. The first-order valence-corrected chi connectivity index (χ1v) is 12.6. The molecule has 2 bridgehead atoms. The fourth-order valence-corrected chi connectivity index (χ4v) is 5.47. The smallest absolute Gasteiger partial charge is 0.332 e. The van der Waals surface area contributed by atoms with E-state index in [1.807, 2.05) is 30.3 Å². The number of rotatable bonds is 10. The van der Waals surface area contributed by atoms with Crippen molar-refractivity contribution in [2.75, 3.05) is 6.54 Å². The van der Waals surface area contributed by atoms with E-state index >= 15 is 0 Å². The number of carbonyl (C=O) groups is 2. The zero-order valence-corrected chi connectivity index (χ0v) is 20.6. The van der Waals surface area contributed by atoms with Crippen molar-refractivity contribution in [2.24, 2.45) is 17.8 Å². The fourth-order valence-electron chi connectivity index (χ4n) is 5.47. The summed E-state index contributed by atoms with van der Waals surface area (Å²) in [5.74, 6) is 0.109. The van der Waals surface area contributed by atoms with E-state index in [0.717, 1.165) is 31.2 Å². The molecule has 194 valence electrons. The summed E-state index contributed by atoms with van der Waals surface area (Å²) in [6, 6.07) is 13.1. The number of benzene rings is 1. The van der Waals surface area contributed by atoms with Gasteiger partial charge < -0.3 is 19.9 Å². The third kappa shape index (κ3) is 5.80. The van der Waals surface area contributed by atoms with Crippen LogP contribution in [-0.2, 0) is 16.0 Å². The number of pyridine rings is 1. The summed E-state index contributed by atoms with van der Waals surface area (Å²) in [4.78, 5) is 28.6. The van der Waals surface area contributed by atoms with Crippen LogP contribution in [0.15, 0.2) is 53.3 Å². The quantitative estimate of drug-likeness (QED) is 0.420. The van der Waals surface area contributed by atoms with Gasteiger partial charge in [-0.05, 0) is 73.2 Å². The van der Waals surface area contributed by atoms with Gasteiger partial charge in [0.25, 0.3) is 11.8 Å². The van der Waals surface area contributed by atoms with Crippen molar-refractivity contribution in [2.45, 2.75) is 51.2 Å². The summed E-state index contributed by atoms with van der Waals surface area (Å²) >= 11 is 0. The van der Waals surface area contributed by atoms with Crippen LogP contribution in [0, 0.1) is 17.8 Å². The summed E-state index contributed by atoms with van der Waals surface area (Å²) in [6.07, 6.45) is 5.01. The van der Waals surface area contributed by atoms with E-state index < -0.39 is 12.1 Å². The van der Waals surface area contributed by atoms with Crippen molar-refractivity contribution >= 4 is 11.9 Å². The number of fused-ring (bicyclic) bond motifs is 3. The first-order chi connectivity index (χ1) is 18.0. The van der Waals surface area contributed by atoms with Crippen molar-refractivity contribution in [1.29, 1.82) is 0 Å². The fraction of sp³-hybridized carbons (Fsp3) is 0.444. The standard InChI is InChI=1S/C27H30N4O6/c1-16(27(33)34)35-23-14-18-9-10-19(23)13-20(18)15-29-24(32)21-8-5-11-28-25(21)36-26-22(30-37-31-26)12-17-6-3-2-4-7-17/h2-8,11,16,18-20,23H,9-10,12-15H2,1H3,(H,29,32)(H,33,34). The van der Waals surface area contributed by atoms with Gasteiger partial charge in [-0.25, -0.2) is 14.4 Å².